The van der Waals surface area contributed by atoms with Crippen molar-refractivity contribution in [3.63, 3.8) is 0 Å². The Kier molecular flexibility index (Phi) is 3.48. The van der Waals surface area contributed by atoms with Crippen LogP contribution in [0.15, 0.2) is 27.3 Å². The van der Waals surface area contributed by atoms with Crippen LogP contribution < -0.4 is 5.73 Å². The first-order valence-electron chi connectivity index (χ1n) is 4.60. The van der Waals surface area contributed by atoms with Gasteiger partial charge < -0.3 is 5.73 Å². The number of benzene rings is 1. The summed E-state index contributed by atoms with van der Waals surface area (Å²) in [6, 6.07) is 2.52. The molecule has 0 aliphatic heterocycles. The molecule has 0 atom stereocenters. The molecule has 3 nitrogen and oxygen atoms in total. The number of nitrogens with zero attached hydrogens (tertiary/aromatic N) is 2. The van der Waals surface area contributed by atoms with Gasteiger partial charge in [-0.15, -0.1) is 0 Å². The molecule has 2 rings (SSSR count). The number of hydrogen-bond donors (Lipinski definition) is 1. The van der Waals surface area contributed by atoms with Gasteiger partial charge in [-0.25, -0.2) is 8.78 Å². The van der Waals surface area contributed by atoms with E-state index in [9.17, 15) is 8.78 Å². The van der Waals surface area contributed by atoms with E-state index in [1.54, 1.807) is 6.20 Å². The molecule has 0 radical (unpaired) electrons. The number of anilines is 1. The van der Waals surface area contributed by atoms with E-state index in [0.717, 1.165) is 0 Å². The summed E-state index contributed by atoms with van der Waals surface area (Å²) in [5.41, 5.74) is 5.46. The number of halogens is 4. The van der Waals surface area contributed by atoms with Crippen molar-refractivity contribution in [1.29, 1.82) is 0 Å². The summed E-state index contributed by atoms with van der Waals surface area (Å²) < 4.78 is 29.3. The Morgan fingerprint density at radius 2 is 1.94 bits per heavy atom. The predicted octanol–water partition coefficient (Wildman–Crippen LogP) is 3.32. The Morgan fingerprint density at radius 1 is 1.24 bits per heavy atom. The van der Waals surface area contributed by atoms with Gasteiger partial charge in [0.1, 0.15) is 11.6 Å². The molecule has 90 valence electrons. The Morgan fingerprint density at radius 3 is 2.53 bits per heavy atom. The van der Waals surface area contributed by atoms with Gasteiger partial charge >= 0.3 is 0 Å². The Bertz CT molecular complexity index is 549. The van der Waals surface area contributed by atoms with Crippen molar-refractivity contribution in [2.24, 2.45) is 0 Å². The van der Waals surface area contributed by atoms with Gasteiger partial charge in [0.25, 0.3) is 0 Å². The molecule has 17 heavy (non-hydrogen) atoms. The topological polar surface area (TPSA) is 43.8 Å². The zero-order chi connectivity index (χ0) is 12.6. The van der Waals surface area contributed by atoms with Crippen LogP contribution in [0.1, 0.15) is 5.56 Å². The van der Waals surface area contributed by atoms with Crippen LogP contribution in [0.5, 0.6) is 0 Å². The second-order valence-corrected chi connectivity index (χ2v) is 5.09. The number of rotatable bonds is 2. The molecule has 0 bridgehead atoms. The van der Waals surface area contributed by atoms with E-state index in [0.29, 0.717) is 4.47 Å². The van der Waals surface area contributed by atoms with Crippen molar-refractivity contribution in [1.82, 2.24) is 9.78 Å². The van der Waals surface area contributed by atoms with E-state index < -0.39 is 11.6 Å². The van der Waals surface area contributed by atoms with Crippen LogP contribution in [0, 0.1) is 11.6 Å². The summed E-state index contributed by atoms with van der Waals surface area (Å²) in [5.74, 6) is -0.966. The fourth-order valence-corrected chi connectivity index (χ4v) is 2.06. The Balaban J connectivity index is 2.39. The first-order chi connectivity index (χ1) is 7.99. The van der Waals surface area contributed by atoms with Crippen molar-refractivity contribution < 1.29 is 8.78 Å². The van der Waals surface area contributed by atoms with Gasteiger partial charge in [-0.1, -0.05) is 0 Å². The molecular formula is C10H7Br2F2N3. The largest absolute Gasteiger partial charge is 0.381 e. The van der Waals surface area contributed by atoms with E-state index in [1.165, 1.54) is 16.8 Å². The minimum Gasteiger partial charge on any atom is -0.381 e. The maximum atomic E-state index is 13.7. The number of aromatic nitrogens is 2. The van der Waals surface area contributed by atoms with Crippen molar-refractivity contribution in [3.05, 3.63) is 44.5 Å². The van der Waals surface area contributed by atoms with E-state index in [-0.39, 0.29) is 22.4 Å². The highest BCUT2D eigenvalue weighted by molar-refractivity contribution is 9.10. The molecule has 0 aliphatic rings. The SMILES string of the molecule is Nc1nn(Cc2c(F)ccc(Br)c2F)cc1Br. The summed E-state index contributed by atoms with van der Waals surface area (Å²) >= 11 is 6.18. The van der Waals surface area contributed by atoms with Gasteiger partial charge in [-0.3, -0.25) is 4.68 Å². The van der Waals surface area contributed by atoms with Gasteiger partial charge in [0.15, 0.2) is 5.82 Å². The van der Waals surface area contributed by atoms with Crippen LogP contribution in [0.25, 0.3) is 0 Å². The second-order valence-electron chi connectivity index (χ2n) is 3.38. The van der Waals surface area contributed by atoms with Crippen LogP contribution >= 0.6 is 31.9 Å². The van der Waals surface area contributed by atoms with Crippen LogP contribution in [-0.4, -0.2) is 9.78 Å². The Labute approximate surface area is 113 Å². The number of nitrogens with two attached hydrogens (primary N) is 1. The fourth-order valence-electron chi connectivity index (χ4n) is 1.37. The minimum atomic E-state index is -0.629. The molecule has 0 amide bonds. The van der Waals surface area contributed by atoms with Crippen LogP contribution in [0.4, 0.5) is 14.6 Å². The molecular weight excluding hydrogens is 360 g/mol. The van der Waals surface area contributed by atoms with Crippen molar-refractivity contribution in [2.75, 3.05) is 5.73 Å². The lowest BCUT2D eigenvalue weighted by Gasteiger charge is -2.06. The number of hydrogen-bond acceptors (Lipinski definition) is 2. The predicted molar refractivity (Wildman–Crippen MR) is 67.5 cm³/mol. The summed E-state index contributed by atoms with van der Waals surface area (Å²) in [4.78, 5) is 0. The first kappa shape index (κ1) is 12.5. The van der Waals surface area contributed by atoms with E-state index in [4.69, 9.17) is 5.73 Å². The van der Waals surface area contributed by atoms with E-state index in [1.807, 2.05) is 0 Å². The lowest BCUT2D eigenvalue weighted by Crippen LogP contribution is -2.06. The third-order valence-electron chi connectivity index (χ3n) is 2.20. The van der Waals surface area contributed by atoms with Crippen molar-refractivity contribution in [2.45, 2.75) is 6.54 Å². The molecule has 0 unspecified atom stereocenters. The monoisotopic (exact) mass is 365 g/mol. The third kappa shape index (κ3) is 2.50. The molecule has 0 saturated heterocycles. The zero-order valence-electron chi connectivity index (χ0n) is 8.42. The highest BCUT2D eigenvalue weighted by atomic mass is 79.9. The maximum absolute atomic E-state index is 13.7. The van der Waals surface area contributed by atoms with Crippen LogP contribution in [0.3, 0.4) is 0 Å². The summed E-state index contributed by atoms with van der Waals surface area (Å²) in [5, 5.41) is 3.92. The van der Waals surface area contributed by atoms with Gasteiger partial charge in [0.2, 0.25) is 0 Å². The van der Waals surface area contributed by atoms with Gasteiger partial charge in [-0.2, -0.15) is 5.10 Å². The fraction of sp³-hybridized carbons (Fsp3) is 0.100. The van der Waals surface area contributed by atoms with Crippen LogP contribution in [-0.2, 0) is 6.54 Å². The summed E-state index contributed by atoms with van der Waals surface area (Å²) in [7, 11) is 0. The highest BCUT2D eigenvalue weighted by Crippen LogP contribution is 2.23. The number of nitrogen functional groups attached to an aromatic ring is 1. The van der Waals surface area contributed by atoms with Gasteiger partial charge in [-0.05, 0) is 44.0 Å². The maximum Gasteiger partial charge on any atom is 0.159 e. The first-order valence-corrected chi connectivity index (χ1v) is 6.18. The molecule has 0 aliphatic carbocycles. The van der Waals surface area contributed by atoms with Crippen molar-refractivity contribution >= 4 is 37.7 Å². The Hall–Kier alpha value is -0.950. The molecule has 0 saturated carbocycles. The smallest absolute Gasteiger partial charge is 0.159 e. The molecule has 1 aromatic carbocycles. The molecule has 7 heteroatoms. The molecule has 2 aromatic rings. The standard InChI is InChI=1S/C10H7Br2F2N3/c11-6-1-2-8(13)5(9(6)14)3-17-4-7(12)10(15)16-17/h1-2,4H,3H2,(H2,15,16). The van der Waals surface area contributed by atoms with Gasteiger partial charge in [0, 0.05) is 11.8 Å². The average molecular weight is 367 g/mol. The third-order valence-corrected chi connectivity index (χ3v) is 3.43. The van der Waals surface area contributed by atoms with Gasteiger partial charge in [0.05, 0.1) is 15.5 Å². The molecule has 1 heterocycles. The van der Waals surface area contributed by atoms with Crippen molar-refractivity contribution in [3.8, 4) is 0 Å². The average Bonchev–Trinajstić information content (AvgIpc) is 2.59. The highest BCUT2D eigenvalue weighted by Gasteiger charge is 2.14. The molecule has 2 N–H and O–H groups in total. The summed E-state index contributed by atoms with van der Waals surface area (Å²) in [6.07, 6.45) is 1.56. The normalized spacial score (nSPS) is 10.8. The minimum absolute atomic E-state index is 0.0209. The van der Waals surface area contributed by atoms with Crippen LogP contribution in [0.2, 0.25) is 0 Å². The zero-order valence-corrected chi connectivity index (χ0v) is 11.6. The lowest BCUT2D eigenvalue weighted by molar-refractivity contribution is 0.529. The lowest BCUT2D eigenvalue weighted by atomic mass is 10.2. The van der Waals surface area contributed by atoms with E-state index in [2.05, 4.69) is 37.0 Å². The molecule has 1 aromatic heterocycles. The molecule has 0 spiro atoms. The quantitative estimate of drug-likeness (QED) is 0.828. The second kappa shape index (κ2) is 4.73. The van der Waals surface area contributed by atoms with E-state index >= 15 is 0 Å². The summed E-state index contributed by atoms with van der Waals surface area (Å²) in [6.45, 7) is -0.0209. The molecule has 0 fully saturated rings.